The van der Waals surface area contributed by atoms with E-state index >= 15 is 0 Å². The van der Waals surface area contributed by atoms with E-state index in [1.165, 1.54) is 4.90 Å². The fourth-order valence-electron chi connectivity index (χ4n) is 4.79. The summed E-state index contributed by atoms with van der Waals surface area (Å²) in [5.74, 6) is -1.30. The number of piperidine rings is 2. The molecule has 3 aliphatic heterocycles. The molecule has 2 N–H and O–H groups in total. The average Bonchev–Trinajstić information content (AvgIpc) is 3.13. The lowest BCUT2D eigenvalue weighted by molar-refractivity contribution is -0.137. The van der Waals surface area contributed by atoms with Gasteiger partial charge in [0.05, 0.1) is 0 Å². The monoisotopic (exact) mass is 484 g/mol. The van der Waals surface area contributed by atoms with E-state index in [4.69, 9.17) is 4.74 Å². The Kier molecular flexibility index (Phi) is 6.82. The Hall–Kier alpha value is -3.43. The molecule has 35 heavy (non-hydrogen) atoms. The Morgan fingerprint density at radius 2 is 1.83 bits per heavy atom. The van der Waals surface area contributed by atoms with Crippen molar-refractivity contribution in [2.75, 3.05) is 13.1 Å². The third kappa shape index (κ3) is 5.47. The SMILES string of the molecule is CC(C)(C)OC(=O)N1CCC(C(=O)NCc2cccc3c2CN(C2CCC(=O)NC2=O)C3=O)CC1. The number of likely N-dealkylation sites (tertiary alicyclic amines) is 1. The lowest BCUT2D eigenvalue weighted by Gasteiger charge is -2.33. The van der Waals surface area contributed by atoms with Gasteiger partial charge in [0.2, 0.25) is 17.7 Å². The molecule has 3 aliphatic rings. The number of nitrogens with one attached hydrogen (secondary N) is 2. The van der Waals surface area contributed by atoms with Gasteiger partial charge in [-0.3, -0.25) is 24.5 Å². The number of amides is 5. The van der Waals surface area contributed by atoms with Gasteiger partial charge in [-0.1, -0.05) is 12.1 Å². The van der Waals surface area contributed by atoms with Crippen LogP contribution in [0.3, 0.4) is 0 Å². The first-order valence-corrected chi connectivity index (χ1v) is 12.0. The highest BCUT2D eigenvalue weighted by Gasteiger charge is 2.40. The molecule has 2 fully saturated rings. The van der Waals surface area contributed by atoms with E-state index in [1.54, 1.807) is 17.0 Å². The first-order valence-electron chi connectivity index (χ1n) is 12.0. The van der Waals surface area contributed by atoms with Crippen LogP contribution in [0, 0.1) is 5.92 Å². The van der Waals surface area contributed by atoms with Crippen LogP contribution in [-0.2, 0) is 32.2 Å². The van der Waals surface area contributed by atoms with Crippen LogP contribution >= 0.6 is 0 Å². The summed E-state index contributed by atoms with van der Waals surface area (Å²) in [6, 6.07) is 4.68. The van der Waals surface area contributed by atoms with Crippen LogP contribution in [0.15, 0.2) is 18.2 Å². The third-order valence-corrected chi connectivity index (χ3v) is 6.65. The van der Waals surface area contributed by atoms with Crippen molar-refractivity contribution in [1.29, 1.82) is 0 Å². The topological polar surface area (TPSA) is 125 Å². The average molecular weight is 485 g/mol. The lowest BCUT2D eigenvalue weighted by atomic mass is 9.96. The van der Waals surface area contributed by atoms with Crippen molar-refractivity contribution in [1.82, 2.24) is 20.4 Å². The number of carbonyl (C=O) groups excluding carboxylic acids is 5. The Morgan fingerprint density at radius 1 is 1.11 bits per heavy atom. The van der Waals surface area contributed by atoms with Crippen molar-refractivity contribution in [3.63, 3.8) is 0 Å². The summed E-state index contributed by atoms with van der Waals surface area (Å²) < 4.78 is 5.41. The van der Waals surface area contributed by atoms with E-state index in [1.807, 2.05) is 26.8 Å². The van der Waals surface area contributed by atoms with Gasteiger partial charge >= 0.3 is 6.09 Å². The van der Waals surface area contributed by atoms with E-state index in [2.05, 4.69) is 10.6 Å². The highest BCUT2D eigenvalue weighted by Crippen LogP contribution is 2.30. The smallest absolute Gasteiger partial charge is 0.410 e. The molecule has 4 rings (SSSR count). The molecule has 0 bridgehead atoms. The minimum Gasteiger partial charge on any atom is -0.444 e. The number of fused-ring (bicyclic) bond motifs is 1. The molecule has 10 heteroatoms. The van der Waals surface area contributed by atoms with Gasteiger partial charge in [0.15, 0.2) is 0 Å². The molecule has 1 aromatic rings. The Bertz CT molecular complexity index is 1050. The normalized spacial score (nSPS) is 21.0. The maximum Gasteiger partial charge on any atom is 0.410 e. The Balaban J connectivity index is 1.33. The molecule has 0 saturated carbocycles. The number of rotatable bonds is 4. The Morgan fingerprint density at radius 3 is 2.49 bits per heavy atom. The minimum atomic E-state index is -0.676. The molecule has 1 aromatic carbocycles. The zero-order valence-corrected chi connectivity index (χ0v) is 20.4. The highest BCUT2D eigenvalue weighted by molar-refractivity contribution is 6.05. The molecule has 1 unspecified atom stereocenters. The summed E-state index contributed by atoms with van der Waals surface area (Å²) in [5, 5.41) is 5.28. The summed E-state index contributed by atoms with van der Waals surface area (Å²) in [6.07, 6.45) is 1.26. The van der Waals surface area contributed by atoms with Crippen LogP contribution in [-0.4, -0.2) is 64.3 Å². The number of nitrogens with zero attached hydrogens (tertiary/aromatic N) is 2. The van der Waals surface area contributed by atoms with Crippen molar-refractivity contribution in [3.8, 4) is 0 Å². The van der Waals surface area contributed by atoms with E-state index in [-0.39, 0.29) is 49.2 Å². The molecule has 0 aliphatic carbocycles. The van der Waals surface area contributed by atoms with Crippen molar-refractivity contribution in [3.05, 3.63) is 34.9 Å². The summed E-state index contributed by atoms with van der Waals surface area (Å²) in [5.41, 5.74) is 1.58. The van der Waals surface area contributed by atoms with E-state index in [0.29, 0.717) is 37.9 Å². The molecule has 3 heterocycles. The first kappa shape index (κ1) is 24.7. The standard InChI is InChI=1S/C25H32N4O6/c1-25(2,3)35-24(34)28-11-9-15(10-12-28)21(31)26-13-16-5-4-6-17-18(16)14-29(23(17)33)19-7-8-20(30)27-22(19)32/h4-6,15,19H,7-14H2,1-3H3,(H,26,31)(H,27,30,32). The second-order valence-corrected chi connectivity index (χ2v) is 10.3. The van der Waals surface area contributed by atoms with Crippen molar-refractivity contribution in [2.24, 2.45) is 5.92 Å². The van der Waals surface area contributed by atoms with Gasteiger partial charge in [-0.05, 0) is 57.2 Å². The molecule has 0 radical (unpaired) electrons. The number of ether oxygens (including phenoxy) is 1. The largest absolute Gasteiger partial charge is 0.444 e. The fraction of sp³-hybridized carbons (Fsp3) is 0.560. The fourth-order valence-corrected chi connectivity index (χ4v) is 4.79. The predicted molar refractivity (Wildman–Crippen MR) is 125 cm³/mol. The number of carbonyl (C=O) groups is 5. The number of hydrogen-bond acceptors (Lipinski definition) is 6. The van der Waals surface area contributed by atoms with Crippen molar-refractivity contribution >= 4 is 29.7 Å². The van der Waals surface area contributed by atoms with E-state index in [0.717, 1.165) is 11.1 Å². The zero-order chi connectivity index (χ0) is 25.3. The quantitative estimate of drug-likeness (QED) is 0.627. The van der Waals surface area contributed by atoms with Crippen LogP contribution < -0.4 is 10.6 Å². The summed E-state index contributed by atoms with van der Waals surface area (Å²) >= 11 is 0. The number of hydrogen-bond donors (Lipinski definition) is 2. The first-order chi connectivity index (χ1) is 16.5. The second-order valence-electron chi connectivity index (χ2n) is 10.3. The maximum absolute atomic E-state index is 13.0. The van der Waals surface area contributed by atoms with Crippen molar-refractivity contribution in [2.45, 2.75) is 71.2 Å². The molecule has 188 valence electrons. The molecule has 0 aromatic heterocycles. The van der Waals surface area contributed by atoms with Crippen molar-refractivity contribution < 1.29 is 28.7 Å². The summed E-state index contributed by atoms with van der Waals surface area (Å²) in [4.78, 5) is 64.9. The lowest BCUT2D eigenvalue weighted by Crippen LogP contribution is -2.52. The van der Waals surface area contributed by atoms with Gasteiger partial charge in [-0.2, -0.15) is 0 Å². The van der Waals surface area contributed by atoms with Crippen LogP contribution in [0.1, 0.15) is 67.9 Å². The highest BCUT2D eigenvalue weighted by atomic mass is 16.6. The second kappa shape index (κ2) is 9.67. The van der Waals surface area contributed by atoms with E-state index in [9.17, 15) is 24.0 Å². The molecule has 0 spiro atoms. The van der Waals surface area contributed by atoms with E-state index < -0.39 is 17.6 Å². The van der Waals surface area contributed by atoms with Crippen LogP contribution in [0.2, 0.25) is 0 Å². The van der Waals surface area contributed by atoms with Crippen LogP contribution in [0.4, 0.5) is 4.79 Å². The molecule has 10 nitrogen and oxygen atoms in total. The van der Waals surface area contributed by atoms with Crippen LogP contribution in [0.5, 0.6) is 0 Å². The summed E-state index contributed by atoms with van der Waals surface area (Å²) in [6.45, 7) is 6.92. The van der Waals surface area contributed by atoms with Gasteiger partial charge in [-0.25, -0.2) is 4.79 Å². The molecular formula is C25H32N4O6. The molecule has 2 saturated heterocycles. The molecular weight excluding hydrogens is 452 g/mol. The Labute approximate surface area is 204 Å². The summed E-state index contributed by atoms with van der Waals surface area (Å²) in [7, 11) is 0. The number of benzene rings is 1. The number of imide groups is 1. The molecule has 1 atom stereocenters. The maximum atomic E-state index is 13.0. The predicted octanol–water partition coefficient (Wildman–Crippen LogP) is 1.71. The third-order valence-electron chi connectivity index (χ3n) is 6.65. The van der Waals surface area contributed by atoms with Gasteiger partial charge in [-0.15, -0.1) is 0 Å². The van der Waals surface area contributed by atoms with Gasteiger partial charge in [0.1, 0.15) is 11.6 Å². The zero-order valence-electron chi connectivity index (χ0n) is 20.4. The van der Waals surface area contributed by atoms with Gasteiger partial charge < -0.3 is 19.9 Å². The van der Waals surface area contributed by atoms with Crippen LogP contribution in [0.25, 0.3) is 0 Å². The molecule has 5 amide bonds. The minimum absolute atomic E-state index is 0.0854. The van der Waals surface area contributed by atoms with Gasteiger partial charge in [0.25, 0.3) is 5.91 Å². The van der Waals surface area contributed by atoms with Gasteiger partial charge in [0, 0.05) is 44.1 Å².